The number of hydrogen-bond acceptors (Lipinski definition) is 7. The summed E-state index contributed by atoms with van der Waals surface area (Å²) >= 11 is 0. The van der Waals surface area contributed by atoms with Crippen LogP contribution in [0.5, 0.6) is 0 Å². The molecule has 0 atom stereocenters. The van der Waals surface area contributed by atoms with Crippen molar-refractivity contribution in [2.75, 3.05) is 31.2 Å². The van der Waals surface area contributed by atoms with E-state index < -0.39 is 10.0 Å². The molecule has 0 saturated carbocycles. The van der Waals surface area contributed by atoms with E-state index in [1.54, 1.807) is 41.3 Å². The fourth-order valence-electron chi connectivity index (χ4n) is 4.94. The van der Waals surface area contributed by atoms with Crippen molar-refractivity contribution in [2.24, 2.45) is 0 Å². The van der Waals surface area contributed by atoms with Gasteiger partial charge in [-0.15, -0.1) is 0 Å². The number of nitrogens with zero attached hydrogens (tertiary/aromatic N) is 5. The molecule has 0 bridgehead atoms. The van der Waals surface area contributed by atoms with Crippen LogP contribution < -0.4 is 4.90 Å². The van der Waals surface area contributed by atoms with Crippen LogP contribution in [0.3, 0.4) is 0 Å². The highest BCUT2D eigenvalue weighted by Crippen LogP contribution is 2.33. The van der Waals surface area contributed by atoms with Gasteiger partial charge in [-0.05, 0) is 43.3 Å². The van der Waals surface area contributed by atoms with Gasteiger partial charge in [0, 0.05) is 42.0 Å². The first-order valence-electron chi connectivity index (χ1n) is 12.7. The van der Waals surface area contributed by atoms with Gasteiger partial charge in [-0.25, -0.2) is 17.1 Å². The van der Waals surface area contributed by atoms with Crippen LogP contribution in [0.2, 0.25) is 0 Å². The third kappa shape index (κ3) is 4.08. The molecule has 0 radical (unpaired) electrons. The maximum absolute atomic E-state index is 13.6. The van der Waals surface area contributed by atoms with Gasteiger partial charge < -0.3 is 14.1 Å². The minimum Gasteiger partial charge on any atom is -0.423 e. The number of rotatable bonds is 5. The van der Waals surface area contributed by atoms with Crippen molar-refractivity contribution < 1.29 is 17.6 Å². The first kappa shape index (κ1) is 23.7. The van der Waals surface area contributed by atoms with E-state index in [4.69, 9.17) is 9.15 Å². The van der Waals surface area contributed by atoms with Gasteiger partial charge in [-0.2, -0.15) is 10.1 Å². The number of morpholine rings is 1. The third-order valence-electron chi connectivity index (χ3n) is 7.06. The second-order valence-electron chi connectivity index (χ2n) is 9.60. The zero-order chi connectivity index (χ0) is 26.6. The van der Waals surface area contributed by atoms with Crippen LogP contribution in [-0.4, -0.2) is 53.5 Å². The summed E-state index contributed by atoms with van der Waals surface area (Å²) in [6, 6.07) is 20.7. The molecule has 196 valence electrons. The predicted octanol–water partition coefficient (Wildman–Crippen LogP) is 5.02. The molecule has 0 aliphatic carbocycles. The number of para-hydroxylation sites is 1. The van der Waals surface area contributed by atoms with Gasteiger partial charge in [0.05, 0.1) is 35.5 Å². The molecule has 3 aromatic carbocycles. The van der Waals surface area contributed by atoms with Crippen LogP contribution in [0.15, 0.2) is 94.6 Å². The summed E-state index contributed by atoms with van der Waals surface area (Å²) in [7, 11) is -3.79. The van der Waals surface area contributed by atoms with Gasteiger partial charge >= 0.3 is 0 Å². The Morgan fingerprint density at radius 1 is 0.923 bits per heavy atom. The lowest BCUT2D eigenvalue weighted by molar-refractivity contribution is 0.120. The van der Waals surface area contributed by atoms with Gasteiger partial charge in [0.1, 0.15) is 5.52 Å². The number of aromatic nitrogens is 4. The number of anilines is 1. The topological polar surface area (TPSA) is 95.4 Å². The van der Waals surface area contributed by atoms with Crippen LogP contribution in [0.1, 0.15) is 5.56 Å². The Bertz CT molecular complexity index is 1930. The summed E-state index contributed by atoms with van der Waals surface area (Å²) in [5, 5.41) is 5.41. The number of hydrogen-bond donors (Lipinski definition) is 0. The Morgan fingerprint density at radius 3 is 2.54 bits per heavy atom. The number of benzene rings is 3. The Balaban J connectivity index is 1.26. The molecule has 0 amide bonds. The second kappa shape index (κ2) is 9.11. The number of ether oxygens (including phenoxy) is 1. The van der Waals surface area contributed by atoms with E-state index in [0.717, 1.165) is 46.4 Å². The average molecular weight is 540 g/mol. The summed E-state index contributed by atoms with van der Waals surface area (Å²) in [4.78, 5) is 7.01. The third-order valence-corrected chi connectivity index (χ3v) is 8.74. The van der Waals surface area contributed by atoms with Gasteiger partial charge in [0.25, 0.3) is 16.0 Å². The molecule has 1 aliphatic heterocycles. The van der Waals surface area contributed by atoms with Crippen molar-refractivity contribution >= 4 is 38.0 Å². The van der Waals surface area contributed by atoms with Gasteiger partial charge in [-0.3, -0.25) is 0 Å². The molecule has 0 unspecified atom stereocenters. The summed E-state index contributed by atoms with van der Waals surface area (Å²) in [6.45, 7) is 4.73. The van der Waals surface area contributed by atoms with E-state index in [1.165, 1.54) is 3.97 Å². The van der Waals surface area contributed by atoms with Gasteiger partial charge in [0.15, 0.2) is 5.58 Å². The van der Waals surface area contributed by atoms with Crippen LogP contribution in [0.4, 0.5) is 6.01 Å². The molecule has 10 heteroatoms. The van der Waals surface area contributed by atoms with Crippen LogP contribution >= 0.6 is 0 Å². The molecule has 7 rings (SSSR count). The SMILES string of the molecule is Cc1ccc(S(=O)(=O)n2cc(-c3cnn(-c4ccc5oc(N6CCOCC6)nc5c4)c3)c3ccccc32)cc1. The zero-order valence-electron chi connectivity index (χ0n) is 21.2. The highest BCUT2D eigenvalue weighted by atomic mass is 32.2. The Kier molecular flexibility index (Phi) is 5.53. The molecule has 3 aromatic heterocycles. The highest BCUT2D eigenvalue weighted by Gasteiger charge is 2.22. The van der Waals surface area contributed by atoms with Crippen molar-refractivity contribution in [3.63, 3.8) is 0 Å². The standard InChI is InChI=1S/C29H25N5O4S/c1-20-6-9-23(10-7-20)39(35,36)34-19-25(24-4-2-3-5-27(24)34)21-17-30-33(18-21)22-8-11-28-26(16-22)31-29(38-28)32-12-14-37-15-13-32/h2-11,16-19H,12-15H2,1H3. The monoisotopic (exact) mass is 539 g/mol. The van der Waals surface area contributed by atoms with E-state index in [2.05, 4.69) is 15.0 Å². The van der Waals surface area contributed by atoms with E-state index in [0.29, 0.717) is 30.3 Å². The first-order valence-corrected chi connectivity index (χ1v) is 14.1. The minimum absolute atomic E-state index is 0.244. The predicted molar refractivity (Wildman–Crippen MR) is 149 cm³/mol. The fourth-order valence-corrected chi connectivity index (χ4v) is 6.31. The van der Waals surface area contributed by atoms with Crippen LogP contribution in [-0.2, 0) is 14.8 Å². The van der Waals surface area contributed by atoms with Crippen molar-refractivity contribution in [3.05, 3.63) is 90.9 Å². The Hall–Kier alpha value is -4.41. The Labute approximate surface area is 224 Å². The lowest BCUT2D eigenvalue weighted by Crippen LogP contribution is -2.36. The minimum atomic E-state index is -3.79. The Morgan fingerprint density at radius 2 is 1.72 bits per heavy atom. The van der Waals surface area contributed by atoms with E-state index >= 15 is 0 Å². The number of fused-ring (bicyclic) bond motifs is 2. The molecular formula is C29H25N5O4S. The first-order chi connectivity index (χ1) is 19.0. The molecule has 9 nitrogen and oxygen atoms in total. The molecule has 0 N–H and O–H groups in total. The smallest absolute Gasteiger partial charge is 0.298 e. The van der Waals surface area contributed by atoms with Gasteiger partial charge in [-0.1, -0.05) is 35.9 Å². The second-order valence-corrected chi connectivity index (χ2v) is 11.4. The van der Waals surface area contributed by atoms with Crippen molar-refractivity contribution in [1.29, 1.82) is 0 Å². The molecule has 4 heterocycles. The van der Waals surface area contributed by atoms with Crippen molar-refractivity contribution in [1.82, 2.24) is 18.7 Å². The van der Waals surface area contributed by atoms with Crippen molar-refractivity contribution in [3.8, 4) is 16.8 Å². The normalized spacial score (nSPS) is 14.4. The quantitative estimate of drug-likeness (QED) is 0.304. The molecule has 0 spiro atoms. The molecule has 39 heavy (non-hydrogen) atoms. The molecule has 6 aromatic rings. The summed E-state index contributed by atoms with van der Waals surface area (Å²) in [5.41, 5.74) is 5.47. The fraction of sp³-hybridized carbons (Fsp3) is 0.172. The summed E-state index contributed by atoms with van der Waals surface area (Å²) < 4.78 is 41.7. The van der Waals surface area contributed by atoms with Crippen LogP contribution in [0.25, 0.3) is 38.8 Å². The lowest BCUT2D eigenvalue weighted by Gasteiger charge is -2.24. The number of oxazole rings is 1. The lowest BCUT2D eigenvalue weighted by atomic mass is 10.1. The van der Waals surface area contributed by atoms with E-state index in [9.17, 15) is 8.42 Å². The van der Waals surface area contributed by atoms with Crippen LogP contribution in [0, 0.1) is 6.92 Å². The van der Waals surface area contributed by atoms with E-state index in [1.807, 2.05) is 55.6 Å². The maximum atomic E-state index is 13.6. The average Bonchev–Trinajstić information content (AvgIpc) is 3.70. The van der Waals surface area contributed by atoms with E-state index in [-0.39, 0.29) is 4.90 Å². The largest absolute Gasteiger partial charge is 0.423 e. The van der Waals surface area contributed by atoms with Crippen molar-refractivity contribution in [2.45, 2.75) is 11.8 Å². The number of aryl methyl sites for hydroxylation is 1. The molecular weight excluding hydrogens is 514 g/mol. The maximum Gasteiger partial charge on any atom is 0.298 e. The molecule has 1 aliphatic rings. The zero-order valence-corrected chi connectivity index (χ0v) is 22.0. The summed E-state index contributed by atoms with van der Waals surface area (Å²) in [5.74, 6) is 0. The summed E-state index contributed by atoms with van der Waals surface area (Å²) in [6.07, 6.45) is 5.32. The molecule has 1 saturated heterocycles. The van der Waals surface area contributed by atoms with Gasteiger partial charge in [0.2, 0.25) is 0 Å². The molecule has 1 fully saturated rings. The highest BCUT2D eigenvalue weighted by molar-refractivity contribution is 7.90.